The second kappa shape index (κ2) is 10.5. The van der Waals surface area contributed by atoms with Crippen molar-refractivity contribution in [3.8, 4) is 11.5 Å². The summed E-state index contributed by atoms with van der Waals surface area (Å²) >= 11 is 13.1. The Morgan fingerprint density at radius 3 is 2.39 bits per heavy atom. The number of rotatable bonds is 7. The minimum atomic E-state index is -0.438. The zero-order valence-electron chi connectivity index (χ0n) is 17.2. The van der Waals surface area contributed by atoms with E-state index in [1.807, 2.05) is 36.4 Å². The second-order valence-corrected chi connectivity index (χ2v) is 8.33. The van der Waals surface area contributed by atoms with Crippen molar-refractivity contribution >= 4 is 56.9 Å². The maximum Gasteiger partial charge on any atom is 0.340 e. The average molecular weight is 477 g/mol. The Morgan fingerprint density at radius 2 is 1.74 bits per heavy atom. The summed E-state index contributed by atoms with van der Waals surface area (Å²) < 4.78 is 15.6. The fourth-order valence-corrected chi connectivity index (χ4v) is 4.49. The van der Waals surface area contributed by atoms with E-state index < -0.39 is 5.97 Å². The number of thiophene rings is 1. The van der Waals surface area contributed by atoms with Gasteiger partial charge in [-0.1, -0.05) is 41.9 Å². The highest BCUT2D eigenvalue weighted by Gasteiger charge is 2.19. The van der Waals surface area contributed by atoms with Crippen LogP contribution in [0.2, 0.25) is 5.02 Å². The molecule has 0 bridgehead atoms. The lowest BCUT2D eigenvalue weighted by atomic mass is 10.1. The van der Waals surface area contributed by atoms with Gasteiger partial charge in [-0.3, -0.25) is 0 Å². The zero-order chi connectivity index (χ0) is 22.4. The highest BCUT2D eigenvalue weighted by atomic mass is 35.5. The van der Waals surface area contributed by atoms with E-state index in [4.69, 9.17) is 38.0 Å². The molecule has 9 heteroatoms. The monoisotopic (exact) mass is 476 g/mol. The smallest absolute Gasteiger partial charge is 0.340 e. The molecule has 0 atom stereocenters. The van der Waals surface area contributed by atoms with Crippen LogP contribution in [0.25, 0.3) is 0 Å². The van der Waals surface area contributed by atoms with Crippen molar-refractivity contribution in [1.29, 1.82) is 0 Å². The van der Waals surface area contributed by atoms with Crippen molar-refractivity contribution in [2.75, 3.05) is 32.0 Å². The Morgan fingerprint density at radius 1 is 1.03 bits per heavy atom. The maximum absolute atomic E-state index is 12.3. The predicted octanol–water partition coefficient (Wildman–Crippen LogP) is 5.61. The molecule has 0 aliphatic rings. The van der Waals surface area contributed by atoms with Crippen LogP contribution < -0.4 is 20.1 Å². The summed E-state index contributed by atoms with van der Waals surface area (Å²) in [4.78, 5) is 13.3. The molecular weight excluding hydrogens is 456 g/mol. The van der Waals surface area contributed by atoms with E-state index in [9.17, 15) is 4.79 Å². The first-order valence-corrected chi connectivity index (χ1v) is 10.8. The van der Waals surface area contributed by atoms with Gasteiger partial charge in [-0.05, 0) is 23.8 Å². The third-order valence-electron chi connectivity index (χ3n) is 4.36. The van der Waals surface area contributed by atoms with Gasteiger partial charge in [-0.2, -0.15) is 0 Å². The van der Waals surface area contributed by atoms with Gasteiger partial charge in [0.05, 0.1) is 37.6 Å². The van der Waals surface area contributed by atoms with Gasteiger partial charge in [-0.15, -0.1) is 11.3 Å². The number of methoxy groups -OCH3 is 3. The SMILES string of the molecule is COC(=O)c1cc(Cc2ccccc2)sc1NC(=S)Nc1cc(OC)c(Cl)cc1OC. The fraction of sp³-hybridized carbons (Fsp3) is 0.182. The molecule has 0 radical (unpaired) electrons. The molecule has 6 nitrogen and oxygen atoms in total. The average Bonchev–Trinajstić information content (AvgIpc) is 3.16. The minimum Gasteiger partial charge on any atom is -0.495 e. The van der Waals surface area contributed by atoms with E-state index in [0.29, 0.717) is 39.2 Å². The van der Waals surface area contributed by atoms with E-state index in [1.165, 1.54) is 32.7 Å². The van der Waals surface area contributed by atoms with Gasteiger partial charge in [0.1, 0.15) is 16.5 Å². The second-order valence-electron chi connectivity index (χ2n) is 6.38. The van der Waals surface area contributed by atoms with E-state index in [2.05, 4.69) is 10.6 Å². The number of benzene rings is 2. The van der Waals surface area contributed by atoms with E-state index in [0.717, 1.165) is 10.4 Å². The van der Waals surface area contributed by atoms with Crippen LogP contribution in [-0.2, 0) is 11.2 Å². The number of esters is 1. The van der Waals surface area contributed by atoms with Crippen LogP contribution in [0.4, 0.5) is 10.7 Å². The van der Waals surface area contributed by atoms with Crippen molar-refractivity contribution in [1.82, 2.24) is 0 Å². The van der Waals surface area contributed by atoms with Crippen molar-refractivity contribution in [3.63, 3.8) is 0 Å². The number of carbonyl (C=O) groups is 1. The molecule has 2 N–H and O–H groups in total. The Balaban J connectivity index is 1.82. The number of hydrogen-bond donors (Lipinski definition) is 2. The standard InChI is InChI=1S/C22H21ClN2O4S2/c1-27-18-12-17(19(28-2)11-16(18)23)24-22(30)25-20-15(21(26)29-3)10-14(31-20)9-13-7-5-4-6-8-13/h4-8,10-12H,9H2,1-3H3,(H2,24,25,30). The Kier molecular flexibility index (Phi) is 7.73. The molecule has 3 aromatic rings. The topological polar surface area (TPSA) is 68.8 Å². The number of halogens is 1. The highest BCUT2D eigenvalue weighted by molar-refractivity contribution is 7.80. The molecule has 0 fully saturated rings. The maximum atomic E-state index is 12.3. The third kappa shape index (κ3) is 5.66. The number of hydrogen-bond acceptors (Lipinski definition) is 6. The molecule has 162 valence electrons. The van der Waals surface area contributed by atoms with Gasteiger partial charge in [0.2, 0.25) is 0 Å². The summed E-state index contributed by atoms with van der Waals surface area (Å²) in [5.74, 6) is 0.537. The van der Waals surface area contributed by atoms with Crippen LogP contribution in [0.3, 0.4) is 0 Å². The number of ether oxygens (including phenoxy) is 3. The molecule has 0 amide bonds. The molecule has 0 saturated heterocycles. The highest BCUT2D eigenvalue weighted by Crippen LogP contribution is 2.36. The molecule has 1 aromatic heterocycles. The Bertz CT molecular complexity index is 1090. The van der Waals surface area contributed by atoms with Crippen LogP contribution in [0.5, 0.6) is 11.5 Å². The third-order valence-corrected chi connectivity index (χ3v) is 5.91. The van der Waals surface area contributed by atoms with Crippen molar-refractivity contribution in [3.05, 3.63) is 69.6 Å². The molecule has 31 heavy (non-hydrogen) atoms. The van der Waals surface area contributed by atoms with Crippen molar-refractivity contribution < 1.29 is 19.0 Å². The van der Waals surface area contributed by atoms with Crippen LogP contribution in [-0.4, -0.2) is 32.4 Å². The summed E-state index contributed by atoms with van der Waals surface area (Å²) in [6, 6.07) is 15.1. The lowest BCUT2D eigenvalue weighted by molar-refractivity contribution is 0.0602. The van der Waals surface area contributed by atoms with Gasteiger partial charge in [-0.25, -0.2) is 4.79 Å². The van der Waals surface area contributed by atoms with Crippen LogP contribution in [0.1, 0.15) is 20.8 Å². The summed E-state index contributed by atoms with van der Waals surface area (Å²) in [5.41, 5.74) is 2.13. The molecule has 0 aliphatic carbocycles. The molecule has 2 aromatic carbocycles. The number of nitrogens with one attached hydrogen (secondary N) is 2. The normalized spacial score (nSPS) is 10.3. The van der Waals surface area contributed by atoms with Gasteiger partial charge in [0.25, 0.3) is 0 Å². The molecule has 0 aliphatic heterocycles. The van der Waals surface area contributed by atoms with Gasteiger partial charge in [0, 0.05) is 23.4 Å². The zero-order valence-corrected chi connectivity index (χ0v) is 19.5. The van der Waals surface area contributed by atoms with Gasteiger partial charge >= 0.3 is 5.97 Å². The molecule has 0 spiro atoms. The van der Waals surface area contributed by atoms with Gasteiger partial charge in [0.15, 0.2) is 5.11 Å². The Labute approximate surface area is 195 Å². The van der Waals surface area contributed by atoms with Crippen LogP contribution in [0.15, 0.2) is 48.5 Å². The molecule has 3 rings (SSSR count). The predicted molar refractivity (Wildman–Crippen MR) is 129 cm³/mol. The fourth-order valence-electron chi connectivity index (χ4n) is 2.90. The summed E-state index contributed by atoms with van der Waals surface area (Å²) in [6.07, 6.45) is 0.694. The Hall–Kier alpha value is -2.81. The molecule has 0 saturated carbocycles. The van der Waals surface area contributed by atoms with E-state index in [1.54, 1.807) is 12.1 Å². The van der Waals surface area contributed by atoms with Crippen molar-refractivity contribution in [2.45, 2.75) is 6.42 Å². The van der Waals surface area contributed by atoms with E-state index in [-0.39, 0.29) is 5.11 Å². The van der Waals surface area contributed by atoms with Crippen molar-refractivity contribution in [2.24, 2.45) is 0 Å². The lowest BCUT2D eigenvalue weighted by Gasteiger charge is -2.15. The number of thiocarbonyl (C=S) groups is 1. The largest absolute Gasteiger partial charge is 0.495 e. The van der Waals surface area contributed by atoms with Crippen LogP contribution >= 0.6 is 35.2 Å². The first-order chi connectivity index (χ1) is 14.9. The van der Waals surface area contributed by atoms with Crippen LogP contribution in [0, 0.1) is 0 Å². The van der Waals surface area contributed by atoms with E-state index >= 15 is 0 Å². The van der Waals surface area contributed by atoms with Gasteiger partial charge < -0.3 is 24.8 Å². The molecule has 1 heterocycles. The summed E-state index contributed by atoms with van der Waals surface area (Å²) in [7, 11) is 4.41. The number of carbonyl (C=O) groups excluding carboxylic acids is 1. The first kappa shape index (κ1) is 22.9. The molecule has 0 unspecified atom stereocenters. The summed E-state index contributed by atoms with van der Waals surface area (Å²) in [5, 5.41) is 7.45. The summed E-state index contributed by atoms with van der Waals surface area (Å²) in [6.45, 7) is 0. The minimum absolute atomic E-state index is 0.279. The number of anilines is 2. The lowest BCUT2D eigenvalue weighted by Crippen LogP contribution is -2.20. The quantitative estimate of drug-likeness (QED) is 0.339. The molecular formula is C22H21ClN2O4S2. The first-order valence-electron chi connectivity index (χ1n) is 9.19.